The van der Waals surface area contributed by atoms with Gasteiger partial charge in [-0.2, -0.15) is 0 Å². The van der Waals surface area contributed by atoms with Crippen LogP contribution in [0.2, 0.25) is 5.02 Å². The first-order chi connectivity index (χ1) is 13.3. The van der Waals surface area contributed by atoms with Crippen molar-refractivity contribution in [2.45, 2.75) is 13.2 Å². The average Bonchev–Trinajstić information content (AvgIpc) is 2.73. The van der Waals surface area contributed by atoms with Crippen LogP contribution in [-0.4, -0.2) is 0 Å². The Balaban J connectivity index is 1.54. The number of ether oxygens (including phenoxy) is 2. The number of hydrogen-bond acceptors (Lipinski definition) is 2. The second-order valence-corrected chi connectivity index (χ2v) is 6.72. The summed E-state index contributed by atoms with van der Waals surface area (Å²) in [4.78, 5) is 0. The topological polar surface area (TPSA) is 18.5 Å². The van der Waals surface area contributed by atoms with Crippen molar-refractivity contribution in [3.8, 4) is 11.5 Å². The van der Waals surface area contributed by atoms with Crippen LogP contribution in [0.1, 0.15) is 11.1 Å². The smallest absolute Gasteiger partial charge is 0.146 e. The van der Waals surface area contributed by atoms with Gasteiger partial charge in [-0.05, 0) is 40.8 Å². The van der Waals surface area contributed by atoms with Crippen molar-refractivity contribution in [2.24, 2.45) is 0 Å². The van der Waals surface area contributed by atoms with Crippen LogP contribution in [0.15, 0.2) is 91.0 Å². The lowest BCUT2D eigenvalue weighted by molar-refractivity contribution is 0.306. The highest BCUT2D eigenvalue weighted by atomic mass is 35.5. The zero-order valence-electron chi connectivity index (χ0n) is 14.8. The highest BCUT2D eigenvalue weighted by molar-refractivity contribution is 6.33. The number of hydrogen-bond donors (Lipinski definition) is 0. The van der Waals surface area contributed by atoms with Gasteiger partial charge in [0.05, 0.1) is 5.02 Å². The maximum Gasteiger partial charge on any atom is 0.146 e. The molecule has 4 aromatic carbocycles. The van der Waals surface area contributed by atoms with Gasteiger partial charge in [-0.25, -0.2) is 0 Å². The van der Waals surface area contributed by atoms with Gasteiger partial charge in [-0.3, -0.25) is 0 Å². The first-order valence-corrected chi connectivity index (χ1v) is 9.23. The first kappa shape index (κ1) is 17.4. The summed E-state index contributed by atoms with van der Waals surface area (Å²) in [5.74, 6) is 1.52. The third kappa shape index (κ3) is 4.24. The van der Waals surface area contributed by atoms with E-state index in [1.807, 2.05) is 78.9 Å². The monoisotopic (exact) mass is 374 g/mol. The second-order valence-electron chi connectivity index (χ2n) is 6.31. The molecule has 0 bridgehead atoms. The molecule has 4 rings (SSSR count). The molecule has 134 valence electrons. The minimum Gasteiger partial charge on any atom is -0.489 e. The van der Waals surface area contributed by atoms with Crippen molar-refractivity contribution in [3.63, 3.8) is 0 Å². The first-order valence-electron chi connectivity index (χ1n) is 8.85. The lowest BCUT2D eigenvalue weighted by atomic mass is 10.1. The van der Waals surface area contributed by atoms with E-state index in [2.05, 4.69) is 12.1 Å². The minimum absolute atomic E-state index is 0.478. The molecule has 4 aromatic rings. The van der Waals surface area contributed by atoms with Crippen LogP contribution in [0.5, 0.6) is 11.5 Å². The second kappa shape index (κ2) is 8.15. The third-order valence-electron chi connectivity index (χ3n) is 4.37. The summed E-state index contributed by atoms with van der Waals surface area (Å²) in [5.41, 5.74) is 2.24. The molecule has 0 N–H and O–H groups in total. The zero-order chi connectivity index (χ0) is 18.5. The fourth-order valence-electron chi connectivity index (χ4n) is 2.96. The van der Waals surface area contributed by atoms with Crippen LogP contribution in [0.25, 0.3) is 10.8 Å². The van der Waals surface area contributed by atoms with Gasteiger partial charge in [0, 0.05) is 5.39 Å². The Morgan fingerprint density at radius 2 is 1.26 bits per heavy atom. The highest BCUT2D eigenvalue weighted by Gasteiger charge is 2.09. The summed E-state index contributed by atoms with van der Waals surface area (Å²) < 4.78 is 12.0. The van der Waals surface area contributed by atoms with E-state index in [0.29, 0.717) is 24.0 Å². The van der Waals surface area contributed by atoms with Gasteiger partial charge in [0.25, 0.3) is 0 Å². The summed E-state index contributed by atoms with van der Waals surface area (Å²) in [5, 5.41) is 2.62. The van der Waals surface area contributed by atoms with Crippen molar-refractivity contribution in [2.75, 3.05) is 0 Å². The Bertz CT molecular complexity index is 1030. The summed E-state index contributed by atoms with van der Waals surface area (Å²) in [7, 11) is 0. The molecule has 27 heavy (non-hydrogen) atoms. The van der Waals surface area contributed by atoms with Gasteiger partial charge >= 0.3 is 0 Å². The quantitative estimate of drug-likeness (QED) is 0.376. The Morgan fingerprint density at radius 1 is 0.630 bits per heavy atom. The van der Waals surface area contributed by atoms with E-state index in [0.717, 1.165) is 27.6 Å². The predicted octanol–water partition coefficient (Wildman–Crippen LogP) is 6.65. The van der Waals surface area contributed by atoms with Crippen LogP contribution in [-0.2, 0) is 13.2 Å². The fraction of sp³-hybridized carbons (Fsp3) is 0.0833. The fourth-order valence-corrected chi connectivity index (χ4v) is 3.18. The SMILES string of the molecule is Clc1ccc2cc(OCc3ccccc3)ccc2c1OCc1ccccc1. The third-order valence-corrected chi connectivity index (χ3v) is 4.67. The van der Waals surface area contributed by atoms with Crippen LogP contribution in [0, 0.1) is 0 Å². The Kier molecular flexibility index (Phi) is 5.27. The summed E-state index contributed by atoms with van der Waals surface area (Å²) >= 11 is 6.39. The van der Waals surface area contributed by atoms with Crippen molar-refractivity contribution in [1.82, 2.24) is 0 Å². The molecule has 0 saturated heterocycles. The Labute approximate surface area is 163 Å². The number of halogens is 1. The molecule has 0 aliphatic carbocycles. The molecule has 0 saturated carbocycles. The van der Waals surface area contributed by atoms with E-state index < -0.39 is 0 Å². The highest BCUT2D eigenvalue weighted by Crippen LogP contribution is 2.35. The van der Waals surface area contributed by atoms with Crippen LogP contribution in [0.3, 0.4) is 0 Å². The molecule has 3 heteroatoms. The van der Waals surface area contributed by atoms with Gasteiger partial charge < -0.3 is 9.47 Å². The Hall–Kier alpha value is -2.97. The molecule has 0 amide bonds. The van der Waals surface area contributed by atoms with Gasteiger partial charge in [0.2, 0.25) is 0 Å². The van der Waals surface area contributed by atoms with Gasteiger partial charge in [0.1, 0.15) is 24.7 Å². The lowest BCUT2D eigenvalue weighted by Gasteiger charge is -2.13. The largest absolute Gasteiger partial charge is 0.489 e. The van der Waals surface area contributed by atoms with Gasteiger partial charge in [0.15, 0.2) is 0 Å². The molecular formula is C24H19ClO2. The summed E-state index contributed by atoms with van der Waals surface area (Å²) in [6.07, 6.45) is 0. The summed E-state index contributed by atoms with van der Waals surface area (Å²) in [6.45, 7) is 1.02. The lowest BCUT2D eigenvalue weighted by Crippen LogP contribution is -1.97. The van der Waals surface area contributed by atoms with Crippen molar-refractivity contribution < 1.29 is 9.47 Å². The molecule has 0 aliphatic rings. The number of benzene rings is 4. The number of fused-ring (bicyclic) bond motifs is 1. The van der Waals surface area contributed by atoms with Crippen molar-refractivity contribution in [3.05, 3.63) is 107 Å². The minimum atomic E-state index is 0.478. The van der Waals surface area contributed by atoms with Crippen molar-refractivity contribution in [1.29, 1.82) is 0 Å². The Morgan fingerprint density at radius 3 is 1.93 bits per heavy atom. The molecule has 2 nitrogen and oxygen atoms in total. The van der Waals surface area contributed by atoms with E-state index in [-0.39, 0.29) is 0 Å². The van der Waals surface area contributed by atoms with E-state index in [9.17, 15) is 0 Å². The zero-order valence-corrected chi connectivity index (χ0v) is 15.5. The molecule has 0 heterocycles. The van der Waals surface area contributed by atoms with E-state index in [1.165, 1.54) is 0 Å². The predicted molar refractivity (Wildman–Crippen MR) is 111 cm³/mol. The molecule has 0 atom stereocenters. The van der Waals surface area contributed by atoms with Crippen LogP contribution < -0.4 is 9.47 Å². The van der Waals surface area contributed by atoms with Crippen LogP contribution >= 0.6 is 11.6 Å². The normalized spacial score (nSPS) is 10.7. The molecule has 0 aliphatic heterocycles. The molecule has 0 fully saturated rings. The van der Waals surface area contributed by atoms with Crippen LogP contribution in [0.4, 0.5) is 0 Å². The molecule has 0 aromatic heterocycles. The number of rotatable bonds is 6. The molecule has 0 unspecified atom stereocenters. The standard InChI is InChI=1S/C24H19ClO2/c25-23-14-11-20-15-21(26-16-18-7-3-1-4-8-18)12-13-22(20)24(23)27-17-19-9-5-2-6-10-19/h1-15H,16-17H2. The molecule has 0 spiro atoms. The van der Waals surface area contributed by atoms with Gasteiger partial charge in [-0.1, -0.05) is 78.3 Å². The van der Waals surface area contributed by atoms with E-state index >= 15 is 0 Å². The van der Waals surface area contributed by atoms with Gasteiger partial charge in [-0.15, -0.1) is 0 Å². The average molecular weight is 375 g/mol. The maximum atomic E-state index is 6.39. The molecular weight excluding hydrogens is 356 g/mol. The maximum absolute atomic E-state index is 6.39. The molecule has 0 radical (unpaired) electrons. The van der Waals surface area contributed by atoms with E-state index in [1.54, 1.807) is 0 Å². The summed E-state index contributed by atoms with van der Waals surface area (Å²) in [6, 6.07) is 30.0. The van der Waals surface area contributed by atoms with E-state index in [4.69, 9.17) is 21.1 Å². The van der Waals surface area contributed by atoms with Crippen molar-refractivity contribution >= 4 is 22.4 Å².